The van der Waals surface area contributed by atoms with Crippen molar-refractivity contribution in [3.63, 3.8) is 0 Å². The molecule has 0 aliphatic rings. The Balaban J connectivity index is 2.76. The van der Waals surface area contributed by atoms with Gasteiger partial charge in [0.25, 0.3) is 0 Å². The van der Waals surface area contributed by atoms with Crippen LogP contribution in [-0.2, 0) is 4.79 Å². The molecular weight excluding hydrogens is 118 g/mol. The third-order valence-corrected chi connectivity index (χ3v) is 1.07. The number of carbonyl (C=O) groups excluding carboxylic acids is 1. The molecule has 0 saturated carbocycles. The van der Waals surface area contributed by atoms with Crippen LogP contribution >= 0.6 is 0 Å². The van der Waals surface area contributed by atoms with Gasteiger partial charge in [-0.25, -0.2) is 0 Å². The molecule has 0 aromatic carbocycles. The minimum absolute atomic E-state index is 0.538. The van der Waals surface area contributed by atoms with Crippen molar-refractivity contribution in [3.05, 3.63) is 24.2 Å². The summed E-state index contributed by atoms with van der Waals surface area (Å²) in [7, 11) is 0. The fraction of sp³-hybridized carbons (Fsp3) is 0.167. The Kier molecular flexibility index (Phi) is 1.65. The van der Waals surface area contributed by atoms with Crippen molar-refractivity contribution in [1.29, 1.82) is 0 Å². The highest BCUT2D eigenvalue weighted by atomic mass is 16.3. The van der Waals surface area contributed by atoms with Gasteiger partial charge in [0, 0.05) is 5.56 Å². The molecule has 1 aromatic heterocycles. The second-order valence-electron chi connectivity index (χ2n) is 1.72. The van der Waals surface area contributed by atoms with Crippen molar-refractivity contribution in [3.8, 4) is 0 Å². The molecule has 1 atom stereocenters. The number of aldehydes is 1. The molecule has 2 N–H and O–H groups in total. The predicted molar refractivity (Wildman–Crippen MR) is 31.7 cm³/mol. The van der Waals surface area contributed by atoms with Gasteiger partial charge in [0.2, 0.25) is 0 Å². The molecular formula is C6H7NO2. The van der Waals surface area contributed by atoms with Gasteiger partial charge in [0.1, 0.15) is 6.29 Å². The molecule has 0 amide bonds. The summed E-state index contributed by atoms with van der Waals surface area (Å²) in [4.78, 5) is 10.0. The van der Waals surface area contributed by atoms with Crippen LogP contribution in [0.25, 0.3) is 0 Å². The summed E-state index contributed by atoms with van der Waals surface area (Å²) in [5.41, 5.74) is 6.02. The van der Waals surface area contributed by atoms with Crippen LogP contribution < -0.4 is 5.73 Å². The summed E-state index contributed by atoms with van der Waals surface area (Å²) in [6.45, 7) is 0. The lowest BCUT2D eigenvalue weighted by Crippen LogP contribution is -2.09. The average molecular weight is 125 g/mol. The molecule has 0 spiro atoms. The molecule has 0 aliphatic carbocycles. The first-order chi connectivity index (χ1) is 4.34. The molecule has 1 rings (SSSR count). The van der Waals surface area contributed by atoms with E-state index >= 15 is 0 Å². The lowest BCUT2D eigenvalue weighted by Gasteiger charge is -1.94. The van der Waals surface area contributed by atoms with Crippen molar-refractivity contribution < 1.29 is 9.21 Å². The van der Waals surface area contributed by atoms with Crippen LogP contribution in [0.4, 0.5) is 0 Å². The third-order valence-electron chi connectivity index (χ3n) is 1.07. The van der Waals surface area contributed by atoms with E-state index in [-0.39, 0.29) is 0 Å². The Morgan fingerprint density at radius 3 is 3.00 bits per heavy atom. The van der Waals surface area contributed by atoms with E-state index in [1.54, 1.807) is 6.07 Å². The van der Waals surface area contributed by atoms with E-state index in [9.17, 15) is 4.79 Å². The maximum absolute atomic E-state index is 10.0. The van der Waals surface area contributed by atoms with Gasteiger partial charge in [-0.1, -0.05) is 0 Å². The zero-order valence-electron chi connectivity index (χ0n) is 4.78. The van der Waals surface area contributed by atoms with E-state index < -0.39 is 6.04 Å². The van der Waals surface area contributed by atoms with E-state index in [4.69, 9.17) is 10.2 Å². The monoisotopic (exact) mass is 125 g/mol. The lowest BCUT2D eigenvalue weighted by molar-refractivity contribution is -0.109. The molecule has 0 aliphatic heterocycles. The van der Waals surface area contributed by atoms with Gasteiger partial charge in [-0.05, 0) is 6.07 Å². The lowest BCUT2D eigenvalue weighted by atomic mass is 10.2. The number of hydrogen-bond acceptors (Lipinski definition) is 3. The summed E-state index contributed by atoms with van der Waals surface area (Å²) in [6, 6.07) is 1.13. The largest absolute Gasteiger partial charge is 0.472 e. The van der Waals surface area contributed by atoms with Crippen molar-refractivity contribution >= 4 is 6.29 Å². The molecule has 0 bridgehead atoms. The van der Waals surface area contributed by atoms with Gasteiger partial charge in [-0.15, -0.1) is 0 Å². The summed E-state index contributed by atoms with van der Waals surface area (Å²) < 4.78 is 4.70. The van der Waals surface area contributed by atoms with E-state index in [1.807, 2.05) is 0 Å². The van der Waals surface area contributed by atoms with Gasteiger partial charge in [0.15, 0.2) is 0 Å². The topological polar surface area (TPSA) is 56.2 Å². The fourth-order valence-electron chi connectivity index (χ4n) is 0.543. The Morgan fingerprint density at radius 2 is 2.56 bits per heavy atom. The fourth-order valence-corrected chi connectivity index (χ4v) is 0.543. The molecule has 1 aromatic rings. The molecule has 1 unspecified atom stereocenters. The highest BCUT2D eigenvalue weighted by molar-refractivity contribution is 5.60. The van der Waals surface area contributed by atoms with Gasteiger partial charge >= 0.3 is 0 Å². The average Bonchev–Trinajstić information content (AvgIpc) is 2.37. The van der Waals surface area contributed by atoms with Crippen molar-refractivity contribution in [1.82, 2.24) is 0 Å². The van der Waals surface area contributed by atoms with E-state index in [1.165, 1.54) is 12.5 Å². The number of hydrogen-bond donors (Lipinski definition) is 1. The molecule has 3 nitrogen and oxygen atoms in total. The van der Waals surface area contributed by atoms with Crippen LogP contribution in [0.1, 0.15) is 11.6 Å². The zero-order chi connectivity index (χ0) is 6.69. The third kappa shape index (κ3) is 1.17. The number of furan rings is 1. The quantitative estimate of drug-likeness (QED) is 0.585. The first-order valence-electron chi connectivity index (χ1n) is 2.57. The van der Waals surface area contributed by atoms with Gasteiger partial charge < -0.3 is 14.9 Å². The maximum atomic E-state index is 10.0. The van der Waals surface area contributed by atoms with Gasteiger partial charge in [-0.2, -0.15) is 0 Å². The van der Waals surface area contributed by atoms with Crippen molar-refractivity contribution in [2.45, 2.75) is 6.04 Å². The number of rotatable bonds is 2. The van der Waals surface area contributed by atoms with Crippen molar-refractivity contribution in [2.24, 2.45) is 5.73 Å². The van der Waals surface area contributed by atoms with E-state index in [2.05, 4.69) is 0 Å². The van der Waals surface area contributed by atoms with Crippen LogP contribution in [0, 0.1) is 0 Å². The highest BCUT2D eigenvalue weighted by Crippen LogP contribution is 2.06. The molecule has 0 saturated heterocycles. The van der Waals surface area contributed by atoms with Crippen LogP contribution in [-0.4, -0.2) is 6.29 Å². The van der Waals surface area contributed by atoms with Gasteiger partial charge in [0.05, 0.1) is 18.6 Å². The summed E-state index contributed by atoms with van der Waals surface area (Å²) >= 11 is 0. The van der Waals surface area contributed by atoms with Crippen LogP contribution in [0.3, 0.4) is 0 Å². The highest BCUT2D eigenvalue weighted by Gasteiger charge is 2.02. The molecule has 1 heterocycles. The number of nitrogens with two attached hydrogens (primary N) is 1. The summed E-state index contributed by atoms with van der Waals surface area (Å²) in [5, 5.41) is 0. The molecule has 3 heteroatoms. The smallest absolute Gasteiger partial charge is 0.141 e. The van der Waals surface area contributed by atoms with Crippen LogP contribution in [0.2, 0.25) is 0 Å². The van der Waals surface area contributed by atoms with E-state index in [0.29, 0.717) is 11.8 Å². The normalized spacial score (nSPS) is 13.0. The number of carbonyl (C=O) groups is 1. The van der Waals surface area contributed by atoms with Crippen LogP contribution in [0.15, 0.2) is 23.0 Å². The zero-order valence-corrected chi connectivity index (χ0v) is 4.78. The van der Waals surface area contributed by atoms with Crippen LogP contribution in [0.5, 0.6) is 0 Å². The first kappa shape index (κ1) is 6.04. The van der Waals surface area contributed by atoms with E-state index in [0.717, 1.165) is 0 Å². The first-order valence-corrected chi connectivity index (χ1v) is 2.57. The standard InChI is InChI=1S/C6H7NO2/c7-6(3-8)5-1-2-9-4-5/h1-4,6H,7H2. The minimum atomic E-state index is -0.538. The Labute approximate surface area is 52.5 Å². The summed E-state index contributed by atoms with van der Waals surface area (Å²) in [5.74, 6) is 0. The molecule has 0 fully saturated rings. The molecule has 9 heavy (non-hydrogen) atoms. The summed E-state index contributed by atoms with van der Waals surface area (Å²) in [6.07, 6.45) is 3.61. The molecule has 0 radical (unpaired) electrons. The Hall–Kier alpha value is -1.09. The maximum Gasteiger partial charge on any atom is 0.141 e. The van der Waals surface area contributed by atoms with Gasteiger partial charge in [-0.3, -0.25) is 0 Å². The second-order valence-corrected chi connectivity index (χ2v) is 1.72. The Bertz CT molecular complexity index is 181. The molecule has 48 valence electrons. The Morgan fingerprint density at radius 1 is 1.78 bits per heavy atom. The van der Waals surface area contributed by atoms with Crippen molar-refractivity contribution in [2.75, 3.05) is 0 Å². The second kappa shape index (κ2) is 2.46. The SMILES string of the molecule is NC(C=O)c1ccoc1. The predicted octanol–water partition coefficient (Wildman–Crippen LogP) is 0.478. The minimum Gasteiger partial charge on any atom is -0.472 e.